The lowest BCUT2D eigenvalue weighted by atomic mass is 10.2. The van der Waals surface area contributed by atoms with E-state index in [4.69, 9.17) is 9.16 Å². The first-order valence-electron chi connectivity index (χ1n) is 5.03. The van der Waals surface area contributed by atoms with Gasteiger partial charge in [-0.05, 0) is 33.1 Å². The van der Waals surface area contributed by atoms with Crippen LogP contribution in [-0.2, 0) is 14.0 Å². The molecule has 82 valence electrons. The average molecular weight is 216 g/mol. The summed E-state index contributed by atoms with van der Waals surface area (Å²) in [6.07, 6.45) is 6.48. The lowest BCUT2D eigenvalue weighted by Crippen LogP contribution is -2.07. The minimum Gasteiger partial charge on any atom is -0.463 e. The lowest BCUT2D eigenvalue weighted by molar-refractivity contribution is -0.137. The molecule has 0 saturated carbocycles. The molecular formula is C10H20O3Si. The molecular weight excluding hydrogens is 196 g/mol. The third-order valence-electron chi connectivity index (χ3n) is 1.95. The standard InChI is InChI=1S/C10H20O3Si/c1-3-6-10(11)12-8-5-4-7-9(2)13-14/h3,6,9H,4-5,7-8H2,1-2,14H3. The number of carbonyl (C=O) groups is 1. The summed E-state index contributed by atoms with van der Waals surface area (Å²) in [5.74, 6) is -0.250. The Morgan fingerprint density at radius 1 is 1.50 bits per heavy atom. The van der Waals surface area contributed by atoms with Gasteiger partial charge in [-0.2, -0.15) is 0 Å². The maximum atomic E-state index is 10.9. The quantitative estimate of drug-likeness (QED) is 0.275. The van der Waals surface area contributed by atoms with E-state index in [9.17, 15) is 4.79 Å². The summed E-state index contributed by atoms with van der Waals surface area (Å²) < 4.78 is 10.2. The van der Waals surface area contributed by atoms with Gasteiger partial charge in [-0.15, -0.1) is 0 Å². The highest BCUT2D eigenvalue weighted by Crippen LogP contribution is 2.03. The predicted octanol–water partition coefficient (Wildman–Crippen LogP) is 0.961. The zero-order chi connectivity index (χ0) is 10.8. The Kier molecular flexibility index (Phi) is 8.57. The van der Waals surface area contributed by atoms with E-state index in [1.807, 2.05) is 0 Å². The maximum Gasteiger partial charge on any atom is 0.330 e. The Morgan fingerprint density at radius 2 is 2.21 bits per heavy atom. The second-order valence-electron chi connectivity index (χ2n) is 3.21. The summed E-state index contributed by atoms with van der Waals surface area (Å²) in [5.41, 5.74) is 0. The summed E-state index contributed by atoms with van der Waals surface area (Å²) in [6, 6.07) is 0. The van der Waals surface area contributed by atoms with E-state index >= 15 is 0 Å². The molecule has 0 fully saturated rings. The van der Waals surface area contributed by atoms with Crippen LogP contribution in [0.25, 0.3) is 0 Å². The zero-order valence-corrected chi connectivity index (χ0v) is 11.3. The fourth-order valence-electron chi connectivity index (χ4n) is 1.01. The van der Waals surface area contributed by atoms with Crippen LogP contribution in [0, 0.1) is 0 Å². The van der Waals surface area contributed by atoms with Crippen LogP contribution < -0.4 is 0 Å². The molecule has 0 aliphatic rings. The smallest absolute Gasteiger partial charge is 0.330 e. The molecule has 0 radical (unpaired) electrons. The van der Waals surface area contributed by atoms with Crippen LogP contribution in [0.4, 0.5) is 0 Å². The number of allylic oxidation sites excluding steroid dienone is 1. The van der Waals surface area contributed by atoms with Crippen molar-refractivity contribution in [1.29, 1.82) is 0 Å². The largest absolute Gasteiger partial charge is 0.463 e. The summed E-state index contributed by atoms with van der Waals surface area (Å²) in [6.45, 7) is 4.38. The van der Waals surface area contributed by atoms with Crippen LogP contribution in [0.3, 0.4) is 0 Å². The molecule has 1 unspecified atom stereocenters. The van der Waals surface area contributed by atoms with Gasteiger partial charge in [-0.1, -0.05) is 6.08 Å². The molecule has 1 atom stereocenters. The second kappa shape index (κ2) is 8.96. The first kappa shape index (κ1) is 13.4. The Balaban J connectivity index is 3.25. The molecule has 0 aliphatic carbocycles. The van der Waals surface area contributed by atoms with Crippen molar-refractivity contribution in [1.82, 2.24) is 0 Å². The van der Waals surface area contributed by atoms with Gasteiger partial charge in [0.15, 0.2) is 0 Å². The van der Waals surface area contributed by atoms with Gasteiger partial charge in [0.2, 0.25) is 0 Å². The van der Waals surface area contributed by atoms with Crippen molar-refractivity contribution in [2.45, 2.75) is 39.2 Å². The van der Waals surface area contributed by atoms with Crippen molar-refractivity contribution in [3.8, 4) is 0 Å². The number of esters is 1. The zero-order valence-electron chi connectivity index (χ0n) is 9.29. The molecule has 3 nitrogen and oxygen atoms in total. The number of unbranched alkanes of at least 4 members (excludes halogenated alkanes) is 1. The summed E-state index contributed by atoms with van der Waals surface area (Å²) in [7, 11) is 0.795. The maximum absolute atomic E-state index is 10.9. The van der Waals surface area contributed by atoms with Gasteiger partial charge in [0, 0.05) is 12.2 Å². The van der Waals surface area contributed by atoms with E-state index < -0.39 is 0 Å². The van der Waals surface area contributed by atoms with Crippen molar-refractivity contribution < 1.29 is 14.0 Å². The third kappa shape index (κ3) is 8.01. The average Bonchev–Trinajstić information content (AvgIpc) is 2.17. The minimum absolute atomic E-state index is 0.250. The molecule has 4 heteroatoms. The van der Waals surface area contributed by atoms with E-state index in [0.29, 0.717) is 12.7 Å². The molecule has 0 spiro atoms. The first-order valence-corrected chi connectivity index (χ1v) is 5.84. The van der Waals surface area contributed by atoms with Gasteiger partial charge in [0.25, 0.3) is 0 Å². The summed E-state index contributed by atoms with van der Waals surface area (Å²) in [5, 5.41) is 0. The van der Waals surface area contributed by atoms with E-state index in [1.165, 1.54) is 6.08 Å². The third-order valence-corrected chi connectivity index (χ3v) is 2.76. The summed E-state index contributed by atoms with van der Waals surface area (Å²) >= 11 is 0. The minimum atomic E-state index is -0.250. The molecule has 0 N–H and O–H groups in total. The fourth-order valence-corrected chi connectivity index (χ4v) is 1.24. The molecule has 0 heterocycles. The van der Waals surface area contributed by atoms with Crippen molar-refractivity contribution in [3.05, 3.63) is 12.2 Å². The first-order chi connectivity index (χ1) is 6.70. The van der Waals surface area contributed by atoms with Gasteiger partial charge in [-0.25, -0.2) is 4.79 Å². The van der Waals surface area contributed by atoms with Crippen LogP contribution in [0.2, 0.25) is 0 Å². The highest BCUT2D eigenvalue weighted by Gasteiger charge is 1.99. The molecule has 0 aromatic heterocycles. The van der Waals surface area contributed by atoms with E-state index in [-0.39, 0.29) is 5.97 Å². The highest BCUT2D eigenvalue weighted by molar-refractivity contribution is 5.98. The van der Waals surface area contributed by atoms with Crippen LogP contribution in [0.1, 0.15) is 33.1 Å². The molecule has 0 aromatic carbocycles. The Morgan fingerprint density at radius 3 is 2.79 bits per heavy atom. The second-order valence-corrected chi connectivity index (χ2v) is 3.68. The van der Waals surface area contributed by atoms with Crippen molar-refractivity contribution >= 4 is 16.5 Å². The molecule has 0 amide bonds. The van der Waals surface area contributed by atoms with E-state index in [1.54, 1.807) is 13.0 Å². The van der Waals surface area contributed by atoms with Crippen LogP contribution in [0.15, 0.2) is 12.2 Å². The van der Waals surface area contributed by atoms with Crippen molar-refractivity contribution in [2.75, 3.05) is 6.61 Å². The monoisotopic (exact) mass is 216 g/mol. The van der Waals surface area contributed by atoms with Crippen LogP contribution >= 0.6 is 0 Å². The molecule has 0 bridgehead atoms. The summed E-state index contributed by atoms with van der Waals surface area (Å²) in [4.78, 5) is 10.9. The van der Waals surface area contributed by atoms with Gasteiger partial charge in [-0.3, -0.25) is 0 Å². The van der Waals surface area contributed by atoms with Crippen molar-refractivity contribution in [2.24, 2.45) is 0 Å². The van der Waals surface area contributed by atoms with Gasteiger partial charge < -0.3 is 9.16 Å². The molecule has 0 aromatic rings. The Bertz CT molecular complexity index is 180. The molecule has 0 aliphatic heterocycles. The topological polar surface area (TPSA) is 35.5 Å². The molecule has 0 rings (SSSR count). The predicted molar refractivity (Wildman–Crippen MR) is 60.1 cm³/mol. The van der Waals surface area contributed by atoms with Crippen LogP contribution in [0.5, 0.6) is 0 Å². The van der Waals surface area contributed by atoms with E-state index in [2.05, 4.69) is 6.92 Å². The fraction of sp³-hybridized carbons (Fsp3) is 0.700. The number of ether oxygens (including phenoxy) is 1. The van der Waals surface area contributed by atoms with Gasteiger partial charge in [0.1, 0.15) is 10.5 Å². The number of hydrogen-bond donors (Lipinski definition) is 0. The number of rotatable bonds is 7. The number of hydrogen-bond acceptors (Lipinski definition) is 3. The van der Waals surface area contributed by atoms with E-state index in [0.717, 1.165) is 29.7 Å². The SMILES string of the molecule is CC=CC(=O)OCCCCC(C)O[SiH3]. The number of carbonyl (C=O) groups excluding carboxylic acids is 1. The normalized spacial score (nSPS) is 13.3. The molecule has 14 heavy (non-hydrogen) atoms. The molecule has 0 saturated heterocycles. The van der Waals surface area contributed by atoms with Crippen LogP contribution in [-0.4, -0.2) is 29.2 Å². The van der Waals surface area contributed by atoms with Crippen molar-refractivity contribution in [3.63, 3.8) is 0 Å². The van der Waals surface area contributed by atoms with Gasteiger partial charge in [0.05, 0.1) is 6.61 Å². The Hall–Kier alpha value is -0.613. The lowest BCUT2D eigenvalue weighted by Gasteiger charge is -2.08. The Labute approximate surface area is 89.0 Å². The highest BCUT2D eigenvalue weighted by atomic mass is 28.2. The van der Waals surface area contributed by atoms with Gasteiger partial charge >= 0.3 is 5.97 Å².